The number of benzene rings is 2. The third-order valence-corrected chi connectivity index (χ3v) is 9.08. The molecule has 6 rings (SSSR count). The molecule has 0 spiro atoms. The molecule has 218 valence electrons. The van der Waals surface area contributed by atoms with Crippen molar-refractivity contribution >= 4 is 44.8 Å². The van der Waals surface area contributed by atoms with E-state index >= 15 is 0 Å². The van der Waals surface area contributed by atoms with Crippen LogP contribution in [-0.2, 0) is 11.3 Å². The number of likely N-dealkylation sites (tertiary alicyclic amines) is 1. The third kappa shape index (κ3) is 5.19. The van der Waals surface area contributed by atoms with Gasteiger partial charge in [-0.1, -0.05) is 11.3 Å². The predicted molar refractivity (Wildman–Crippen MR) is 162 cm³/mol. The highest BCUT2D eigenvalue weighted by atomic mass is 32.1. The smallest absolute Gasteiger partial charge is 0.236 e. The Morgan fingerprint density at radius 3 is 2.55 bits per heavy atom. The summed E-state index contributed by atoms with van der Waals surface area (Å²) in [5.74, 6) is 0.633. The van der Waals surface area contributed by atoms with E-state index in [9.17, 15) is 19.6 Å². The van der Waals surface area contributed by atoms with Crippen LogP contribution in [0.3, 0.4) is 0 Å². The van der Waals surface area contributed by atoms with Crippen molar-refractivity contribution in [1.29, 1.82) is 5.26 Å². The Morgan fingerprint density at radius 2 is 1.90 bits per heavy atom. The zero-order valence-corrected chi connectivity index (χ0v) is 24.7. The van der Waals surface area contributed by atoms with E-state index in [1.807, 2.05) is 23.6 Å². The van der Waals surface area contributed by atoms with Crippen LogP contribution in [0.5, 0.6) is 0 Å². The number of halogens is 1. The van der Waals surface area contributed by atoms with Gasteiger partial charge in [0.1, 0.15) is 28.3 Å². The van der Waals surface area contributed by atoms with E-state index in [0.29, 0.717) is 47.4 Å². The van der Waals surface area contributed by atoms with Crippen LogP contribution in [0.2, 0.25) is 0 Å². The van der Waals surface area contributed by atoms with Crippen molar-refractivity contribution in [2.24, 2.45) is 0 Å². The van der Waals surface area contributed by atoms with Gasteiger partial charge >= 0.3 is 0 Å². The van der Waals surface area contributed by atoms with E-state index in [2.05, 4.69) is 34.9 Å². The molecule has 2 aliphatic rings. The topological polar surface area (TPSA) is 105 Å². The van der Waals surface area contributed by atoms with Crippen molar-refractivity contribution in [2.45, 2.75) is 26.5 Å². The van der Waals surface area contributed by atoms with Gasteiger partial charge in [0.05, 0.1) is 18.2 Å². The highest BCUT2D eigenvalue weighted by Gasteiger charge is 2.30. The molecule has 2 saturated heterocycles. The Hall–Kier alpha value is -4.05. The standard InChI is InChI=1S/C30H33FN8O2S/c1-4-39-29(35(3)30-33-28(25(15-32)42-30)20-5-7-21(31)8-6-20)24-14-22(13-19(2)27(24)34-39)37-11-9-36(10-12-37)18-26(41)38-16-23(40)17-38/h5-8,13-14,23,40H,4,9-12,16-18H2,1-3H3. The number of piperazine rings is 1. The fraction of sp³-hybridized carbons (Fsp3) is 0.400. The van der Waals surface area contributed by atoms with Crippen LogP contribution in [0.1, 0.15) is 17.4 Å². The van der Waals surface area contributed by atoms with E-state index in [4.69, 9.17) is 10.1 Å². The van der Waals surface area contributed by atoms with E-state index in [0.717, 1.165) is 54.2 Å². The van der Waals surface area contributed by atoms with Gasteiger partial charge in [0, 0.05) is 69.5 Å². The van der Waals surface area contributed by atoms with Crippen molar-refractivity contribution in [2.75, 3.05) is 62.7 Å². The number of carbonyl (C=O) groups excluding carboxylic acids is 1. The number of aryl methyl sites for hydroxylation is 2. The van der Waals surface area contributed by atoms with Crippen molar-refractivity contribution < 1.29 is 14.3 Å². The molecular weight excluding hydrogens is 555 g/mol. The van der Waals surface area contributed by atoms with Gasteiger partial charge in [-0.05, 0) is 55.8 Å². The summed E-state index contributed by atoms with van der Waals surface area (Å²) < 4.78 is 15.5. The van der Waals surface area contributed by atoms with E-state index in [1.165, 1.54) is 23.5 Å². The van der Waals surface area contributed by atoms with Crippen LogP contribution in [0.4, 0.5) is 21.0 Å². The van der Waals surface area contributed by atoms with Crippen LogP contribution < -0.4 is 9.80 Å². The van der Waals surface area contributed by atoms with E-state index in [1.54, 1.807) is 17.0 Å². The molecule has 2 fully saturated rings. The number of hydrogen-bond acceptors (Lipinski definition) is 9. The number of nitrogens with zero attached hydrogens (tertiary/aromatic N) is 8. The summed E-state index contributed by atoms with van der Waals surface area (Å²) in [6.07, 6.45) is -0.384. The first kappa shape index (κ1) is 28.1. The van der Waals surface area contributed by atoms with E-state index < -0.39 is 0 Å². The average molecular weight is 589 g/mol. The molecule has 1 amide bonds. The van der Waals surface area contributed by atoms with Gasteiger partial charge in [0.15, 0.2) is 5.13 Å². The maximum atomic E-state index is 13.5. The molecule has 0 atom stereocenters. The van der Waals surface area contributed by atoms with E-state index in [-0.39, 0.29) is 17.8 Å². The summed E-state index contributed by atoms with van der Waals surface area (Å²) in [5, 5.41) is 25.9. The molecule has 4 aromatic rings. The minimum Gasteiger partial charge on any atom is -0.389 e. The fourth-order valence-electron chi connectivity index (χ4n) is 5.66. The minimum absolute atomic E-state index is 0.0787. The number of rotatable bonds is 7. The molecule has 0 radical (unpaired) electrons. The lowest BCUT2D eigenvalue weighted by atomic mass is 10.1. The van der Waals surface area contributed by atoms with Crippen LogP contribution >= 0.6 is 11.3 Å². The van der Waals surface area contributed by atoms with Gasteiger partial charge in [-0.15, -0.1) is 0 Å². The number of thiazole rings is 1. The molecule has 2 aromatic heterocycles. The first-order valence-corrected chi connectivity index (χ1v) is 14.9. The van der Waals surface area contributed by atoms with Gasteiger partial charge in [-0.25, -0.2) is 14.1 Å². The van der Waals surface area contributed by atoms with Crippen molar-refractivity contribution in [1.82, 2.24) is 24.6 Å². The molecule has 2 aromatic carbocycles. The Labute approximate surface area is 247 Å². The van der Waals surface area contributed by atoms with Crippen molar-refractivity contribution in [3.05, 3.63) is 52.7 Å². The maximum Gasteiger partial charge on any atom is 0.236 e. The monoisotopic (exact) mass is 588 g/mol. The number of amides is 1. The molecule has 0 unspecified atom stereocenters. The molecule has 4 heterocycles. The third-order valence-electron chi connectivity index (χ3n) is 8.04. The number of anilines is 3. The zero-order chi connectivity index (χ0) is 29.5. The Kier molecular flexibility index (Phi) is 7.57. The molecule has 0 bridgehead atoms. The first-order valence-electron chi connectivity index (χ1n) is 14.1. The normalized spacial score (nSPS) is 16.1. The second-order valence-corrected chi connectivity index (χ2v) is 11.8. The Balaban J connectivity index is 1.27. The second kappa shape index (κ2) is 11.3. The minimum atomic E-state index is -0.384. The summed E-state index contributed by atoms with van der Waals surface area (Å²) in [6.45, 7) is 9.20. The largest absolute Gasteiger partial charge is 0.389 e. The molecule has 42 heavy (non-hydrogen) atoms. The number of fused-ring (bicyclic) bond motifs is 1. The predicted octanol–water partition coefficient (Wildman–Crippen LogP) is 3.59. The summed E-state index contributed by atoms with van der Waals surface area (Å²) in [4.78, 5) is 26.0. The molecule has 0 saturated carbocycles. The fourth-order valence-corrected chi connectivity index (χ4v) is 6.51. The van der Waals surface area contributed by atoms with Crippen LogP contribution in [0.15, 0.2) is 36.4 Å². The summed E-state index contributed by atoms with van der Waals surface area (Å²) in [6, 6.07) is 12.6. The lowest BCUT2D eigenvalue weighted by Crippen LogP contribution is -2.57. The lowest BCUT2D eigenvalue weighted by Gasteiger charge is -2.39. The molecule has 12 heteroatoms. The number of aliphatic hydroxyl groups excluding tert-OH is 1. The molecule has 10 nitrogen and oxygen atoms in total. The quantitative estimate of drug-likeness (QED) is 0.349. The zero-order valence-electron chi connectivity index (χ0n) is 23.9. The summed E-state index contributed by atoms with van der Waals surface area (Å²) in [5.41, 5.74) is 4.32. The summed E-state index contributed by atoms with van der Waals surface area (Å²) >= 11 is 1.30. The average Bonchev–Trinajstić information content (AvgIpc) is 3.58. The molecular formula is C30H33FN8O2S. The van der Waals surface area contributed by atoms with Crippen molar-refractivity contribution in [3.8, 4) is 17.3 Å². The molecule has 1 N–H and O–H groups in total. The number of β-amino-alcohol motifs (C(OH)–C–C–N with tert-alkyl or cyclic N) is 1. The van der Waals surface area contributed by atoms with Gasteiger partial charge in [0.2, 0.25) is 5.91 Å². The van der Waals surface area contributed by atoms with Crippen LogP contribution in [-0.4, -0.2) is 94.5 Å². The molecule has 2 aliphatic heterocycles. The Morgan fingerprint density at radius 1 is 1.19 bits per heavy atom. The number of aliphatic hydroxyl groups is 1. The van der Waals surface area contributed by atoms with Gasteiger partial charge in [-0.3, -0.25) is 9.69 Å². The lowest BCUT2D eigenvalue weighted by molar-refractivity contribution is -0.142. The molecule has 0 aliphatic carbocycles. The van der Waals surface area contributed by atoms with Gasteiger partial charge in [-0.2, -0.15) is 10.4 Å². The van der Waals surface area contributed by atoms with Crippen molar-refractivity contribution in [3.63, 3.8) is 0 Å². The Bertz CT molecular complexity index is 1660. The van der Waals surface area contributed by atoms with Crippen LogP contribution in [0.25, 0.3) is 22.2 Å². The maximum absolute atomic E-state index is 13.5. The number of nitriles is 1. The number of carbonyl (C=O) groups is 1. The summed E-state index contributed by atoms with van der Waals surface area (Å²) in [7, 11) is 1.94. The number of hydrogen-bond donors (Lipinski definition) is 1. The van der Waals surface area contributed by atoms with Gasteiger partial charge < -0.3 is 19.8 Å². The second-order valence-electron chi connectivity index (χ2n) is 10.9. The highest BCUT2D eigenvalue weighted by Crippen LogP contribution is 2.39. The number of aromatic nitrogens is 3. The highest BCUT2D eigenvalue weighted by molar-refractivity contribution is 7.16. The van der Waals surface area contributed by atoms with Gasteiger partial charge in [0.25, 0.3) is 0 Å². The first-order chi connectivity index (χ1) is 20.2. The van der Waals surface area contributed by atoms with Crippen LogP contribution in [0, 0.1) is 24.1 Å². The SMILES string of the molecule is CCn1nc2c(C)cc(N3CCN(CC(=O)N4CC(O)C4)CC3)cc2c1N(C)c1nc(-c2ccc(F)cc2)c(C#N)s1.